The van der Waals surface area contributed by atoms with Crippen LogP contribution in [0.1, 0.15) is 25.7 Å². The summed E-state index contributed by atoms with van der Waals surface area (Å²) in [6.45, 7) is 6.00. The van der Waals surface area contributed by atoms with Crippen molar-refractivity contribution in [2.45, 2.75) is 25.7 Å². The molecule has 2 aliphatic rings. The van der Waals surface area contributed by atoms with Crippen LogP contribution in [0.4, 0.5) is 0 Å². The van der Waals surface area contributed by atoms with Crippen LogP contribution in [0, 0.1) is 0 Å². The van der Waals surface area contributed by atoms with Crippen LogP contribution in [0.5, 0.6) is 0 Å². The Morgan fingerprint density at radius 3 is 1.46 bits per heavy atom. The lowest BCUT2D eigenvalue weighted by Gasteiger charge is -2.12. The second-order valence-electron chi connectivity index (χ2n) is 6.39. The molecular formula is C20H30N4S2. The Morgan fingerprint density at radius 1 is 0.615 bits per heavy atom. The number of allylic oxidation sites excluding steroid dienone is 6. The Labute approximate surface area is 168 Å². The van der Waals surface area contributed by atoms with E-state index in [4.69, 9.17) is 24.4 Å². The van der Waals surface area contributed by atoms with E-state index in [2.05, 4.69) is 45.6 Å². The van der Waals surface area contributed by atoms with Crippen LogP contribution in [0.15, 0.2) is 47.9 Å². The van der Waals surface area contributed by atoms with E-state index >= 15 is 0 Å². The number of hydrogen-bond donors (Lipinski definition) is 4. The van der Waals surface area contributed by atoms with E-state index in [1.807, 2.05) is 12.2 Å². The molecule has 4 nitrogen and oxygen atoms in total. The molecule has 0 spiro atoms. The van der Waals surface area contributed by atoms with Crippen molar-refractivity contribution in [1.82, 2.24) is 21.3 Å². The van der Waals surface area contributed by atoms with Gasteiger partial charge >= 0.3 is 0 Å². The van der Waals surface area contributed by atoms with Crippen molar-refractivity contribution >= 4 is 34.2 Å². The summed E-state index contributed by atoms with van der Waals surface area (Å²) >= 11 is 10.3. The molecule has 2 rings (SSSR count). The van der Waals surface area contributed by atoms with Gasteiger partial charge < -0.3 is 21.3 Å². The number of nitrogens with one attached hydrogen (secondary N) is 4. The highest BCUT2D eigenvalue weighted by atomic mass is 32.1. The fraction of sp³-hybridized carbons (Fsp3) is 0.500. The third-order valence-corrected chi connectivity index (χ3v) is 4.77. The van der Waals surface area contributed by atoms with E-state index in [-0.39, 0.29) is 0 Å². The van der Waals surface area contributed by atoms with Gasteiger partial charge in [-0.15, -0.1) is 0 Å². The molecule has 0 aromatic rings. The fourth-order valence-corrected chi connectivity index (χ4v) is 2.96. The van der Waals surface area contributed by atoms with Gasteiger partial charge in [0.2, 0.25) is 0 Å². The molecule has 0 amide bonds. The second-order valence-corrected chi connectivity index (χ2v) is 7.44. The van der Waals surface area contributed by atoms with E-state index in [0.717, 1.165) is 61.8 Å². The molecule has 26 heavy (non-hydrogen) atoms. The zero-order valence-electron chi connectivity index (χ0n) is 15.4. The van der Waals surface area contributed by atoms with Crippen molar-refractivity contribution in [2.24, 2.45) is 0 Å². The molecule has 6 heteroatoms. The fourth-order valence-electron chi connectivity index (χ4n) is 2.66. The second kappa shape index (κ2) is 12.9. The Balaban J connectivity index is 1.32. The predicted molar refractivity (Wildman–Crippen MR) is 120 cm³/mol. The lowest BCUT2D eigenvalue weighted by molar-refractivity contribution is 0.572. The lowest BCUT2D eigenvalue weighted by Crippen LogP contribution is -2.29. The van der Waals surface area contributed by atoms with Gasteiger partial charge in [-0.25, -0.2) is 0 Å². The van der Waals surface area contributed by atoms with Crippen LogP contribution < -0.4 is 21.3 Å². The molecule has 0 bridgehead atoms. The smallest absolute Gasteiger partial charge is 0.0304 e. The quantitative estimate of drug-likeness (QED) is 0.286. The van der Waals surface area contributed by atoms with Gasteiger partial charge in [-0.2, -0.15) is 0 Å². The van der Waals surface area contributed by atoms with Crippen LogP contribution in [-0.4, -0.2) is 49.0 Å². The summed E-state index contributed by atoms with van der Waals surface area (Å²) in [6.07, 6.45) is 16.6. The van der Waals surface area contributed by atoms with E-state index in [9.17, 15) is 0 Å². The Hall–Kier alpha value is -1.34. The minimum atomic E-state index is 0.881. The molecule has 0 heterocycles. The van der Waals surface area contributed by atoms with E-state index in [1.165, 1.54) is 24.2 Å². The molecule has 0 saturated heterocycles. The minimum Gasteiger partial charge on any atom is -0.384 e. The average molecular weight is 391 g/mol. The van der Waals surface area contributed by atoms with Crippen molar-refractivity contribution in [3.8, 4) is 0 Å². The molecule has 0 unspecified atom stereocenters. The van der Waals surface area contributed by atoms with Gasteiger partial charge in [-0.05, 0) is 50.2 Å². The maximum atomic E-state index is 5.13. The number of rotatable bonds is 13. The number of unbranched alkanes of at least 4 members (excludes halogenated alkanes) is 1. The van der Waals surface area contributed by atoms with Crippen molar-refractivity contribution in [3.05, 3.63) is 47.9 Å². The third-order valence-electron chi connectivity index (χ3n) is 4.16. The summed E-state index contributed by atoms with van der Waals surface area (Å²) in [5, 5.41) is 13.8. The maximum absolute atomic E-state index is 5.13. The topological polar surface area (TPSA) is 48.1 Å². The number of hydrogen-bond acceptors (Lipinski definition) is 6. The van der Waals surface area contributed by atoms with Crippen LogP contribution in [0.3, 0.4) is 0 Å². The SMILES string of the molecule is S=C1C=CC(NCCNCCCCNCCNC2=CCC(=S)C=C2)=CC1. The summed E-state index contributed by atoms with van der Waals surface area (Å²) in [6, 6.07) is 0. The molecule has 0 atom stereocenters. The van der Waals surface area contributed by atoms with Gasteiger partial charge in [0.15, 0.2) is 0 Å². The molecule has 0 fully saturated rings. The van der Waals surface area contributed by atoms with Gasteiger partial charge in [0.25, 0.3) is 0 Å². The normalized spacial score (nSPS) is 16.5. The largest absolute Gasteiger partial charge is 0.384 e. The third kappa shape index (κ3) is 9.38. The molecule has 0 saturated carbocycles. The highest BCUT2D eigenvalue weighted by Crippen LogP contribution is 2.05. The molecule has 2 aliphatic carbocycles. The summed E-state index contributed by atoms with van der Waals surface area (Å²) in [5.41, 5.74) is 2.36. The Morgan fingerprint density at radius 2 is 1.08 bits per heavy atom. The first kappa shape index (κ1) is 21.0. The van der Waals surface area contributed by atoms with Gasteiger partial charge in [0.05, 0.1) is 0 Å². The van der Waals surface area contributed by atoms with Gasteiger partial charge in [-0.1, -0.05) is 36.6 Å². The zero-order chi connectivity index (χ0) is 18.5. The molecule has 0 aromatic heterocycles. The standard InChI is InChI=1S/C20H30N4S2/c25-19-7-3-17(4-8-19)23-15-13-21-11-1-2-12-22-14-16-24-18-5-9-20(26)10-6-18/h3-7,9,21-24H,1-2,8,10-16H2. The first-order valence-electron chi connectivity index (χ1n) is 9.45. The maximum Gasteiger partial charge on any atom is 0.0304 e. The van der Waals surface area contributed by atoms with Gasteiger partial charge in [-0.3, -0.25) is 0 Å². The Bertz CT molecular complexity index is 539. The van der Waals surface area contributed by atoms with Gasteiger partial charge in [0.1, 0.15) is 0 Å². The van der Waals surface area contributed by atoms with Crippen molar-refractivity contribution < 1.29 is 0 Å². The molecule has 4 N–H and O–H groups in total. The summed E-state index contributed by atoms with van der Waals surface area (Å²) < 4.78 is 0. The van der Waals surface area contributed by atoms with Crippen LogP contribution in [0.25, 0.3) is 0 Å². The van der Waals surface area contributed by atoms with Crippen LogP contribution in [-0.2, 0) is 0 Å². The lowest BCUT2D eigenvalue weighted by atomic mass is 10.1. The highest BCUT2D eigenvalue weighted by Gasteiger charge is 2.00. The zero-order valence-corrected chi connectivity index (χ0v) is 17.0. The van der Waals surface area contributed by atoms with Crippen molar-refractivity contribution in [3.63, 3.8) is 0 Å². The summed E-state index contributed by atoms with van der Waals surface area (Å²) in [5.74, 6) is 0. The van der Waals surface area contributed by atoms with Crippen LogP contribution >= 0.6 is 24.4 Å². The molecule has 0 aliphatic heterocycles. The average Bonchev–Trinajstić information content (AvgIpc) is 2.65. The summed E-state index contributed by atoms with van der Waals surface area (Å²) in [7, 11) is 0. The summed E-state index contributed by atoms with van der Waals surface area (Å²) in [4.78, 5) is 2.01. The van der Waals surface area contributed by atoms with Crippen LogP contribution in [0.2, 0.25) is 0 Å². The first-order valence-corrected chi connectivity index (χ1v) is 10.3. The van der Waals surface area contributed by atoms with Crippen molar-refractivity contribution in [2.75, 3.05) is 39.3 Å². The Kier molecular flexibility index (Phi) is 10.4. The molecule has 0 radical (unpaired) electrons. The monoisotopic (exact) mass is 390 g/mol. The van der Waals surface area contributed by atoms with E-state index in [0.29, 0.717) is 0 Å². The highest BCUT2D eigenvalue weighted by molar-refractivity contribution is 7.81. The van der Waals surface area contributed by atoms with E-state index in [1.54, 1.807) is 0 Å². The van der Waals surface area contributed by atoms with Gasteiger partial charge in [0, 0.05) is 60.1 Å². The number of thiocarbonyl (C=S) groups is 2. The molecule has 0 aromatic carbocycles. The predicted octanol–water partition coefficient (Wildman–Crippen LogP) is 2.55. The van der Waals surface area contributed by atoms with Crippen molar-refractivity contribution in [1.29, 1.82) is 0 Å². The van der Waals surface area contributed by atoms with E-state index < -0.39 is 0 Å². The minimum absolute atomic E-state index is 0.881. The first-order chi connectivity index (χ1) is 12.7. The molecular weight excluding hydrogens is 360 g/mol. The molecule has 142 valence electrons.